The van der Waals surface area contributed by atoms with E-state index < -0.39 is 0 Å². The monoisotopic (exact) mass is 341 g/mol. The van der Waals surface area contributed by atoms with E-state index in [-0.39, 0.29) is 12.1 Å². The molecule has 1 aliphatic carbocycles. The fourth-order valence-corrected chi connectivity index (χ4v) is 3.35. The van der Waals surface area contributed by atoms with Crippen molar-refractivity contribution in [3.63, 3.8) is 0 Å². The van der Waals surface area contributed by atoms with Gasteiger partial charge in [0.15, 0.2) is 5.82 Å². The number of benzene rings is 1. The van der Waals surface area contributed by atoms with Crippen molar-refractivity contribution in [2.24, 2.45) is 5.92 Å². The standard InChI is InChI=1S/C18H23N5O2/c24-18(22-15-6-7-25-16(9-15)13-4-5-13)19-10-12-2-1-3-14(8-12)17-20-11-21-23-17/h1-3,8,11,13,15-16H,4-7,9-10H2,(H2,19,22,24)(H,20,21,23). The van der Waals surface area contributed by atoms with Crippen molar-refractivity contribution in [1.29, 1.82) is 0 Å². The van der Waals surface area contributed by atoms with Crippen LogP contribution in [0.15, 0.2) is 30.6 Å². The maximum absolute atomic E-state index is 12.2. The van der Waals surface area contributed by atoms with Gasteiger partial charge in [0.05, 0.1) is 6.10 Å². The topological polar surface area (TPSA) is 91.9 Å². The summed E-state index contributed by atoms with van der Waals surface area (Å²) in [6.07, 6.45) is 6.17. The molecule has 2 unspecified atom stereocenters. The maximum Gasteiger partial charge on any atom is 0.315 e. The average Bonchev–Trinajstić information content (AvgIpc) is 3.35. The number of hydrogen-bond acceptors (Lipinski definition) is 4. The van der Waals surface area contributed by atoms with Gasteiger partial charge in [0.25, 0.3) is 0 Å². The third-order valence-electron chi connectivity index (χ3n) is 4.87. The van der Waals surface area contributed by atoms with Crippen LogP contribution in [0.25, 0.3) is 11.4 Å². The second kappa shape index (κ2) is 7.23. The van der Waals surface area contributed by atoms with Gasteiger partial charge in [-0.15, -0.1) is 0 Å². The Morgan fingerprint density at radius 2 is 2.24 bits per heavy atom. The molecule has 0 spiro atoms. The maximum atomic E-state index is 12.2. The van der Waals surface area contributed by atoms with Gasteiger partial charge < -0.3 is 15.4 Å². The highest BCUT2D eigenvalue weighted by atomic mass is 16.5. The molecule has 2 aromatic rings. The van der Waals surface area contributed by atoms with Crippen molar-refractivity contribution in [2.45, 2.75) is 44.4 Å². The first kappa shape index (κ1) is 16.1. The first-order valence-electron chi connectivity index (χ1n) is 8.88. The molecule has 3 N–H and O–H groups in total. The number of nitrogens with zero attached hydrogens (tertiary/aromatic N) is 2. The summed E-state index contributed by atoms with van der Waals surface area (Å²) in [6.45, 7) is 1.22. The van der Waals surface area contributed by atoms with Crippen LogP contribution in [0.4, 0.5) is 4.79 Å². The van der Waals surface area contributed by atoms with Crippen molar-refractivity contribution >= 4 is 6.03 Å². The van der Waals surface area contributed by atoms with E-state index in [1.807, 2.05) is 24.3 Å². The molecule has 1 saturated carbocycles. The largest absolute Gasteiger partial charge is 0.378 e. The second-order valence-electron chi connectivity index (χ2n) is 6.83. The summed E-state index contributed by atoms with van der Waals surface area (Å²) < 4.78 is 5.81. The molecule has 2 amide bonds. The number of amides is 2. The van der Waals surface area contributed by atoms with E-state index in [9.17, 15) is 4.79 Å². The van der Waals surface area contributed by atoms with Crippen LogP contribution in [-0.2, 0) is 11.3 Å². The minimum absolute atomic E-state index is 0.119. The summed E-state index contributed by atoms with van der Waals surface area (Å²) in [5.41, 5.74) is 1.97. The first-order valence-corrected chi connectivity index (χ1v) is 8.88. The Bertz CT molecular complexity index is 714. The Balaban J connectivity index is 1.28. The van der Waals surface area contributed by atoms with Gasteiger partial charge >= 0.3 is 6.03 Å². The minimum atomic E-state index is -0.119. The van der Waals surface area contributed by atoms with Gasteiger partial charge in [-0.05, 0) is 43.2 Å². The van der Waals surface area contributed by atoms with Crippen LogP contribution < -0.4 is 10.6 Å². The molecule has 2 atom stereocenters. The predicted octanol–water partition coefficient (Wildman–Crippen LogP) is 2.23. The van der Waals surface area contributed by atoms with Crippen LogP contribution in [0, 0.1) is 5.92 Å². The molecule has 2 fully saturated rings. The number of urea groups is 1. The molecule has 0 bridgehead atoms. The van der Waals surface area contributed by atoms with Gasteiger partial charge in [-0.25, -0.2) is 9.78 Å². The molecule has 25 heavy (non-hydrogen) atoms. The zero-order valence-electron chi connectivity index (χ0n) is 14.1. The molecule has 2 aliphatic rings. The first-order chi connectivity index (χ1) is 12.3. The number of hydrogen-bond donors (Lipinski definition) is 3. The van der Waals surface area contributed by atoms with Crippen molar-refractivity contribution in [1.82, 2.24) is 25.8 Å². The van der Waals surface area contributed by atoms with Crippen LogP contribution in [0.5, 0.6) is 0 Å². The molecule has 7 heteroatoms. The SMILES string of the molecule is O=C(NCc1cccc(-c2ncn[nH]2)c1)NC1CCOC(C2CC2)C1. The molecule has 1 saturated heterocycles. The molecular formula is C18H23N5O2. The van der Waals surface area contributed by atoms with E-state index in [4.69, 9.17) is 4.74 Å². The number of rotatable bonds is 5. The molecular weight excluding hydrogens is 318 g/mol. The highest BCUT2D eigenvalue weighted by molar-refractivity contribution is 5.74. The summed E-state index contributed by atoms with van der Waals surface area (Å²) in [5, 5.41) is 12.7. The number of carbonyl (C=O) groups is 1. The van der Waals surface area contributed by atoms with Crippen molar-refractivity contribution < 1.29 is 9.53 Å². The highest BCUT2D eigenvalue weighted by Gasteiger charge is 2.36. The van der Waals surface area contributed by atoms with Crippen LogP contribution >= 0.6 is 0 Å². The molecule has 0 radical (unpaired) electrons. The lowest BCUT2D eigenvalue weighted by Gasteiger charge is -2.30. The summed E-state index contributed by atoms with van der Waals surface area (Å²) >= 11 is 0. The molecule has 1 aliphatic heterocycles. The summed E-state index contributed by atoms with van der Waals surface area (Å²) in [5.74, 6) is 1.44. The van der Waals surface area contributed by atoms with Gasteiger partial charge in [0.1, 0.15) is 6.33 Å². The van der Waals surface area contributed by atoms with E-state index in [0.717, 1.165) is 36.4 Å². The zero-order chi connectivity index (χ0) is 17.1. The molecule has 2 heterocycles. The number of aromatic nitrogens is 3. The Morgan fingerprint density at radius 3 is 3.04 bits per heavy atom. The van der Waals surface area contributed by atoms with E-state index in [1.54, 1.807) is 0 Å². The van der Waals surface area contributed by atoms with E-state index in [1.165, 1.54) is 19.2 Å². The fraction of sp³-hybridized carbons (Fsp3) is 0.500. The lowest BCUT2D eigenvalue weighted by Crippen LogP contribution is -2.46. The van der Waals surface area contributed by atoms with Crippen molar-refractivity contribution in [3.8, 4) is 11.4 Å². The van der Waals surface area contributed by atoms with Crippen molar-refractivity contribution in [3.05, 3.63) is 36.2 Å². The zero-order valence-corrected chi connectivity index (χ0v) is 14.1. The van der Waals surface area contributed by atoms with Gasteiger partial charge in [-0.1, -0.05) is 18.2 Å². The van der Waals surface area contributed by atoms with Crippen LogP contribution in [0.1, 0.15) is 31.2 Å². The predicted molar refractivity (Wildman–Crippen MR) is 92.7 cm³/mol. The van der Waals surface area contributed by atoms with Gasteiger partial charge in [-0.2, -0.15) is 5.10 Å². The van der Waals surface area contributed by atoms with Gasteiger partial charge in [0.2, 0.25) is 0 Å². The van der Waals surface area contributed by atoms with Crippen LogP contribution in [0.2, 0.25) is 0 Å². The van der Waals surface area contributed by atoms with E-state index >= 15 is 0 Å². The average molecular weight is 341 g/mol. The van der Waals surface area contributed by atoms with Crippen molar-refractivity contribution in [2.75, 3.05) is 6.61 Å². The van der Waals surface area contributed by atoms with E-state index in [0.29, 0.717) is 18.6 Å². The second-order valence-corrected chi connectivity index (χ2v) is 6.83. The molecule has 4 rings (SSSR count). The highest BCUT2D eigenvalue weighted by Crippen LogP contribution is 2.38. The van der Waals surface area contributed by atoms with Gasteiger partial charge in [-0.3, -0.25) is 5.10 Å². The Labute approximate surface area is 146 Å². The Hall–Kier alpha value is -2.41. The quantitative estimate of drug-likeness (QED) is 0.778. The summed E-state index contributed by atoms with van der Waals surface area (Å²) in [7, 11) is 0. The number of ether oxygens (including phenoxy) is 1. The van der Waals surface area contributed by atoms with Crippen LogP contribution in [0.3, 0.4) is 0 Å². The number of aromatic amines is 1. The third kappa shape index (κ3) is 4.17. The normalized spacial score (nSPS) is 23.2. The van der Waals surface area contributed by atoms with E-state index in [2.05, 4.69) is 25.8 Å². The Morgan fingerprint density at radius 1 is 1.32 bits per heavy atom. The van der Waals surface area contributed by atoms with Crippen LogP contribution in [-0.4, -0.2) is 40.0 Å². The molecule has 132 valence electrons. The third-order valence-corrected chi connectivity index (χ3v) is 4.87. The smallest absolute Gasteiger partial charge is 0.315 e. The summed E-state index contributed by atoms with van der Waals surface area (Å²) in [6, 6.07) is 7.98. The number of H-pyrrole nitrogens is 1. The summed E-state index contributed by atoms with van der Waals surface area (Å²) in [4.78, 5) is 16.3. The Kier molecular flexibility index (Phi) is 4.65. The molecule has 1 aromatic carbocycles. The lowest BCUT2D eigenvalue weighted by atomic mass is 10.0. The van der Waals surface area contributed by atoms with Gasteiger partial charge in [0, 0.05) is 24.8 Å². The lowest BCUT2D eigenvalue weighted by molar-refractivity contribution is -0.00914. The number of nitrogens with one attached hydrogen (secondary N) is 3. The number of carbonyl (C=O) groups excluding carboxylic acids is 1. The molecule has 7 nitrogen and oxygen atoms in total. The molecule has 1 aromatic heterocycles. The minimum Gasteiger partial charge on any atom is -0.378 e. The fourth-order valence-electron chi connectivity index (χ4n) is 3.35.